The van der Waals surface area contributed by atoms with E-state index in [0.717, 1.165) is 24.7 Å². The summed E-state index contributed by atoms with van der Waals surface area (Å²) in [4.78, 5) is 2.21. The molecule has 0 aromatic heterocycles. The van der Waals surface area contributed by atoms with Crippen molar-refractivity contribution in [3.8, 4) is 0 Å². The lowest BCUT2D eigenvalue weighted by Gasteiger charge is -2.55. The molecular weight excluding hydrogens is 232 g/mol. The molecule has 102 valence electrons. The molecule has 3 aliphatic rings. The van der Waals surface area contributed by atoms with Crippen molar-refractivity contribution in [3.05, 3.63) is 11.8 Å². The van der Waals surface area contributed by atoms with E-state index in [9.17, 15) is 8.78 Å². The van der Waals surface area contributed by atoms with Gasteiger partial charge < -0.3 is 4.90 Å². The summed E-state index contributed by atoms with van der Waals surface area (Å²) in [6, 6.07) is 0. The van der Waals surface area contributed by atoms with Gasteiger partial charge in [0.25, 0.3) is 5.92 Å². The molecule has 3 heteroatoms. The van der Waals surface area contributed by atoms with Crippen molar-refractivity contribution in [1.29, 1.82) is 0 Å². The average Bonchev–Trinajstić information content (AvgIpc) is 2.89. The predicted molar refractivity (Wildman–Crippen MR) is 68.4 cm³/mol. The van der Waals surface area contributed by atoms with Gasteiger partial charge in [-0.05, 0) is 25.7 Å². The fraction of sp³-hybridized carbons (Fsp3) is 0.867. The maximum absolute atomic E-state index is 13.2. The minimum atomic E-state index is -2.42. The van der Waals surface area contributed by atoms with E-state index < -0.39 is 11.8 Å². The molecule has 2 aliphatic carbocycles. The van der Waals surface area contributed by atoms with E-state index in [4.69, 9.17) is 0 Å². The van der Waals surface area contributed by atoms with Crippen molar-refractivity contribution in [3.63, 3.8) is 0 Å². The lowest BCUT2D eigenvalue weighted by Crippen LogP contribution is -2.57. The maximum Gasteiger partial charge on any atom is 0.257 e. The van der Waals surface area contributed by atoms with Crippen LogP contribution in [0.1, 0.15) is 46.0 Å². The summed E-state index contributed by atoms with van der Waals surface area (Å²) >= 11 is 0. The SMILES string of the molecule is C/C=C(\C1CC1(F)F)N1CC2(CCC(C)CC2)C1. The topological polar surface area (TPSA) is 3.24 Å². The van der Waals surface area contributed by atoms with E-state index in [0.29, 0.717) is 5.41 Å². The molecule has 0 aromatic rings. The van der Waals surface area contributed by atoms with Crippen LogP contribution in [0, 0.1) is 17.3 Å². The highest BCUT2D eigenvalue weighted by molar-refractivity contribution is 5.22. The first-order valence-electron chi connectivity index (χ1n) is 7.25. The second-order valence-electron chi connectivity index (χ2n) is 6.77. The molecule has 1 unspecified atom stereocenters. The predicted octanol–water partition coefficient (Wildman–Crippen LogP) is 4.06. The molecule has 0 radical (unpaired) electrons. The van der Waals surface area contributed by atoms with E-state index >= 15 is 0 Å². The van der Waals surface area contributed by atoms with Gasteiger partial charge in [-0.2, -0.15) is 0 Å². The Balaban J connectivity index is 1.58. The largest absolute Gasteiger partial charge is 0.373 e. The van der Waals surface area contributed by atoms with Crippen molar-refractivity contribution >= 4 is 0 Å². The summed E-state index contributed by atoms with van der Waals surface area (Å²) in [7, 11) is 0. The van der Waals surface area contributed by atoms with Crippen LogP contribution in [0.15, 0.2) is 11.8 Å². The van der Waals surface area contributed by atoms with Gasteiger partial charge in [-0.1, -0.05) is 25.8 Å². The quantitative estimate of drug-likeness (QED) is 0.719. The third kappa shape index (κ3) is 1.96. The van der Waals surface area contributed by atoms with Crippen LogP contribution in [0.3, 0.4) is 0 Å². The van der Waals surface area contributed by atoms with Crippen LogP contribution in [0.25, 0.3) is 0 Å². The molecule has 0 amide bonds. The van der Waals surface area contributed by atoms with Gasteiger partial charge in [-0.15, -0.1) is 0 Å². The fourth-order valence-corrected chi connectivity index (χ4v) is 3.78. The van der Waals surface area contributed by atoms with Crippen LogP contribution < -0.4 is 0 Å². The Morgan fingerprint density at radius 2 is 1.78 bits per heavy atom. The summed E-state index contributed by atoms with van der Waals surface area (Å²) in [5, 5.41) is 0. The first-order valence-corrected chi connectivity index (χ1v) is 7.25. The van der Waals surface area contributed by atoms with Gasteiger partial charge in [0.05, 0.1) is 5.92 Å². The summed E-state index contributed by atoms with van der Waals surface area (Å²) in [5.41, 5.74) is 1.37. The zero-order chi connectivity index (χ0) is 13.0. The number of nitrogens with zero attached hydrogens (tertiary/aromatic N) is 1. The number of likely N-dealkylation sites (tertiary alicyclic amines) is 1. The normalized spacial score (nSPS) is 34.6. The Labute approximate surface area is 108 Å². The van der Waals surface area contributed by atoms with E-state index in [1.54, 1.807) is 0 Å². The third-order valence-electron chi connectivity index (χ3n) is 5.23. The molecule has 18 heavy (non-hydrogen) atoms. The Bertz CT molecular complexity index is 359. The van der Waals surface area contributed by atoms with E-state index in [-0.39, 0.29) is 6.42 Å². The van der Waals surface area contributed by atoms with Gasteiger partial charge in [0.2, 0.25) is 0 Å². The molecule has 1 heterocycles. The minimum absolute atomic E-state index is 0.0627. The molecule has 0 N–H and O–H groups in total. The second kappa shape index (κ2) is 3.94. The lowest BCUT2D eigenvalue weighted by molar-refractivity contribution is -0.0220. The van der Waals surface area contributed by atoms with Crippen LogP contribution in [-0.4, -0.2) is 23.9 Å². The summed E-state index contributed by atoms with van der Waals surface area (Å²) in [5.74, 6) is -2.05. The lowest BCUT2D eigenvalue weighted by atomic mass is 9.66. The average molecular weight is 255 g/mol. The zero-order valence-corrected chi connectivity index (χ0v) is 11.4. The molecule has 0 bridgehead atoms. The van der Waals surface area contributed by atoms with Crippen molar-refractivity contribution in [1.82, 2.24) is 4.90 Å². The van der Waals surface area contributed by atoms with Crippen molar-refractivity contribution in [2.24, 2.45) is 17.3 Å². The Morgan fingerprint density at radius 1 is 1.22 bits per heavy atom. The molecule has 1 nitrogen and oxygen atoms in total. The molecular formula is C15H23F2N. The Kier molecular flexibility index (Phi) is 2.73. The summed E-state index contributed by atoms with van der Waals surface area (Å²) in [6.45, 7) is 6.26. The van der Waals surface area contributed by atoms with Gasteiger partial charge in [-0.25, -0.2) is 8.78 Å². The highest BCUT2D eigenvalue weighted by atomic mass is 19.3. The minimum Gasteiger partial charge on any atom is -0.373 e. The highest BCUT2D eigenvalue weighted by Gasteiger charge is 2.61. The fourth-order valence-electron chi connectivity index (χ4n) is 3.78. The molecule has 0 aromatic carbocycles. The van der Waals surface area contributed by atoms with Gasteiger partial charge >= 0.3 is 0 Å². The monoisotopic (exact) mass is 255 g/mol. The standard InChI is InChI=1S/C15H23F2N/c1-3-13(12-8-15(12,16)17)18-9-14(10-18)6-4-11(2)5-7-14/h3,11-12H,4-10H2,1-2H3/b13-3+. The van der Waals surface area contributed by atoms with Crippen LogP contribution in [-0.2, 0) is 0 Å². The molecule has 3 rings (SSSR count). The van der Waals surface area contributed by atoms with Crippen molar-refractivity contribution in [2.75, 3.05) is 13.1 Å². The number of allylic oxidation sites excluding steroid dienone is 2. The van der Waals surface area contributed by atoms with Crippen molar-refractivity contribution < 1.29 is 8.78 Å². The molecule has 1 atom stereocenters. The number of alkyl halides is 2. The maximum atomic E-state index is 13.2. The van der Waals surface area contributed by atoms with Gasteiger partial charge in [0.15, 0.2) is 0 Å². The number of halogens is 2. The third-order valence-corrected chi connectivity index (χ3v) is 5.23. The summed E-state index contributed by atoms with van der Waals surface area (Å²) in [6.07, 6.45) is 7.19. The van der Waals surface area contributed by atoms with Gasteiger partial charge in [-0.3, -0.25) is 0 Å². The smallest absolute Gasteiger partial charge is 0.257 e. The van der Waals surface area contributed by atoms with E-state index in [2.05, 4.69) is 11.8 Å². The second-order valence-corrected chi connectivity index (χ2v) is 6.77. The van der Waals surface area contributed by atoms with Crippen LogP contribution in [0.4, 0.5) is 8.78 Å². The van der Waals surface area contributed by atoms with Crippen LogP contribution in [0.2, 0.25) is 0 Å². The number of rotatable bonds is 2. The van der Waals surface area contributed by atoms with E-state index in [1.807, 2.05) is 13.0 Å². The zero-order valence-electron chi connectivity index (χ0n) is 11.4. The Morgan fingerprint density at radius 3 is 2.22 bits per heavy atom. The molecule has 2 saturated carbocycles. The highest BCUT2D eigenvalue weighted by Crippen LogP contribution is 2.56. The van der Waals surface area contributed by atoms with Gasteiger partial charge in [0.1, 0.15) is 0 Å². The van der Waals surface area contributed by atoms with Crippen LogP contribution in [0.5, 0.6) is 0 Å². The molecule has 3 fully saturated rings. The van der Waals surface area contributed by atoms with Crippen molar-refractivity contribution in [2.45, 2.75) is 51.9 Å². The van der Waals surface area contributed by atoms with Crippen LogP contribution >= 0.6 is 0 Å². The first-order chi connectivity index (χ1) is 8.46. The first kappa shape index (κ1) is 12.4. The summed E-state index contributed by atoms with van der Waals surface area (Å²) < 4.78 is 26.3. The number of hydrogen-bond donors (Lipinski definition) is 0. The molecule has 1 aliphatic heterocycles. The Hall–Kier alpha value is -0.600. The van der Waals surface area contributed by atoms with Gasteiger partial charge in [0, 0.05) is 30.6 Å². The van der Waals surface area contributed by atoms with E-state index in [1.165, 1.54) is 25.7 Å². The number of hydrogen-bond acceptors (Lipinski definition) is 1. The molecule has 1 saturated heterocycles. The molecule has 1 spiro atoms.